The van der Waals surface area contributed by atoms with Crippen LogP contribution in [0.3, 0.4) is 0 Å². The number of non-ortho nitro benzene ring substituents is 1. The Morgan fingerprint density at radius 1 is 1.43 bits per heavy atom. The van der Waals surface area contributed by atoms with Crippen LogP contribution >= 0.6 is 11.3 Å². The number of hydrogen-bond acceptors (Lipinski definition) is 7. The predicted molar refractivity (Wildman–Crippen MR) is 108 cm³/mol. The molecule has 0 saturated carbocycles. The van der Waals surface area contributed by atoms with E-state index in [0.29, 0.717) is 16.4 Å². The summed E-state index contributed by atoms with van der Waals surface area (Å²) < 4.78 is 19.6. The second kappa shape index (κ2) is 8.12. The highest BCUT2D eigenvalue weighted by molar-refractivity contribution is 7.87. The van der Waals surface area contributed by atoms with Crippen molar-refractivity contribution in [3.05, 3.63) is 28.3 Å². The first-order chi connectivity index (χ1) is 13.1. The van der Waals surface area contributed by atoms with E-state index >= 15 is 0 Å². The predicted octanol–water partition coefficient (Wildman–Crippen LogP) is 4.10. The van der Waals surface area contributed by atoms with Crippen LogP contribution in [-0.2, 0) is 15.5 Å². The Balaban J connectivity index is 1.75. The summed E-state index contributed by atoms with van der Waals surface area (Å²) >= 11 is 1.27. The lowest BCUT2D eigenvalue weighted by Crippen LogP contribution is -2.48. The molecule has 2 aromatic rings. The highest BCUT2D eigenvalue weighted by Crippen LogP contribution is 2.29. The normalized spacial score (nSPS) is 18.8. The molecular weight excluding hydrogens is 402 g/mol. The number of hydrogen-bond donors (Lipinski definition) is 0. The van der Waals surface area contributed by atoms with Gasteiger partial charge in [-0.1, -0.05) is 0 Å². The lowest BCUT2D eigenvalue weighted by molar-refractivity contribution is -0.384. The number of ether oxygens (including phenoxy) is 1. The van der Waals surface area contributed by atoms with Gasteiger partial charge in [-0.05, 0) is 46.1 Å². The van der Waals surface area contributed by atoms with Crippen molar-refractivity contribution in [3.8, 4) is 0 Å². The first-order valence-corrected chi connectivity index (χ1v) is 11.2. The number of piperidine rings is 1. The molecule has 1 aliphatic heterocycles. The molecule has 1 aliphatic rings. The zero-order valence-electron chi connectivity index (χ0n) is 16.0. The monoisotopic (exact) mass is 425 g/mol. The van der Waals surface area contributed by atoms with Crippen LogP contribution in [0.1, 0.15) is 40.0 Å². The molecule has 1 amide bonds. The van der Waals surface area contributed by atoms with Crippen molar-refractivity contribution in [2.45, 2.75) is 56.0 Å². The van der Waals surface area contributed by atoms with Gasteiger partial charge < -0.3 is 9.64 Å². The molecule has 2 heterocycles. The van der Waals surface area contributed by atoms with Crippen LogP contribution in [0.15, 0.2) is 22.5 Å². The zero-order valence-corrected chi connectivity index (χ0v) is 17.7. The molecule has 0 unspecified atom stereocenters. The number of benzene rings is 1. The summed E-state index contributed by atoms with van der Waals surface area (Å²) in [5.74, 6) is 0.279. The van der Waals surface area contributed by atoms with Gasteiger partial charge in [0.15, 0.2) is 4.34 Å². The minimum atomic E-state index is -1.40. The molecule has 0 aliphatic carbocycles. The summed E-state index contributed by atoms with van der Waals surface area (Å²) in [6.45, 7) is 6.05. The summed E-state index contributed by atoms with van der Waals surface area (Å²) in [5.41, 5.74) is -0.159. The van der Waals surface area contributed by atoms with E-state index in [4.69, 9.17) is 4.74 Å². The minimum Gasteiger partial charge on any atom is -0.444 e. The van der Waals surface area contributed by atoms with Crippen LogP contribution in [0.2, 0.25) is 0 Å². The number of nitrogens with zero attached hydrogens (tertiary/aromatic N) is 3. The van der Waals surface area contributed by atoms with E-state index in [-0.39, 0.29) is 23.6 Å². The van der Waals surface area contributed by atoms with Gasteiger partial charge in [-0.3, -0.25) is 14.3 Å². The van der Waals surface area contributed by atoms with Crippen LogP contribution in [0.25, 0.3) is 10.2 Å². The van der Waals surface area contributed by atoms with Crippen LogP contribution in [0.5, 0.6) is 0 Å². The number of fused-ring (bicyclic) bond motifs is 1. The number of rotatable bonds is 4. The standard InChI is InChI=1S/C18H23N3O5S2/c1-18(2,3)26-17(22)20-9-5-4-6-13(20)11-28(25)16-19-14-10-12(21(23)24)7-8-15(14)27-16/h7-8,10,13H,4-6,9,11H2,1-3H3/t13-,28-/m0/s1. The fourth-order valence-corrected chi connectivity index (χ4v) is 5.65. The van der Waals surface area contributed by atoms with E-state index in [1.807, 2.05) is 20.8 Å². The average molecular weight is 426 g/mol. The van der Waals surface area contributed by atoms with Gasteiger partial charge in [0.05, 0.1) is 31.7 Å². The number of carbonyl (C=O) groups is 1. The topological polar surface area (TPSA) is 103 Å². The van der Waals surface area contributed by atoms with E-state index in [1.54, 1.807) is 11.0 Å². The lowest BCUT2D eigenvalue weighted by atomic mass is 10.0. The molecule has 1 fully saturated rings. The number of carbonyl (C=O) groups excluding carboxylic acids is 1. The number of nitro benzene ring substituents is 1. The Bertz CT molecular complexity index is 922. The van der Waals surface area contributed by atoms with Gasteiger partial charge in [-0.2, -0.15) is 0 Å². The molecule has 8 nitrogen and oxygen atoms in total. The maximum atomic E-state index is 12.9. The Labute approximate surface area is 169 Å². The highest BCUT2D eigenvalue weighted by atomic mass is 32.2. The second-order valence-electron chi connectivity index (χ2n) is 7.72. The van der Waals surface area contributed by atoms with Crippen LogP contribution in [-0.4, -0.2) is 49.0 Å². The maximum Gasteiger partial charge on any atom is 0.410 e. The molecule has 1 aromatic heterocycles. The summed E-state index contributed by atoms with van der Waals surface area (Å²) in [6.07, 6.45) is 2.25. The SMILES string of the molecule is CC(C)(C)OC(=O)N1CCCC[C@H]1C[S@](=O)c1nc2cc([N+](=O)[O-])ccc2s1. The fourth-order valence-electron chi connectivity index (χ4n) is 3.09. The van der Waals surface area contributed by atoms with E-state index in [0.717, 1.165) is 24.0 Å². The fraction of sp³-hybridized carbons (Fsp3) is 0.556. The maximum absolute atomic E-state index is 12.9. The number of aromatic nitrogens is 1. The van der Waals surface area contributed by atoms with Crippen LogP contribution in [0.4, 0.5) is 10.5 Å². The smallest absolute Gasteiger partial charge is 0.410 e. The molecule has 1 saturated heterocycles. The van der Waals surface area contributed by atoms with Crippen molar-refractivity contribution in [1.82, 2.24) is 9.88 Å². The zero-order chi connectivity index (χ0) is 20.5. The first-order valence-electron chi connectivity index (χ1n) is 9.07. The van der Waals surface area contributed by atoms with E-state index in [9.17, 15) is 19.1 Å². The van der Waals surface area contributed by atoms with Crippen molar-refractivity contribution in [3.63, 3.8) is 0 Å². The van der Waals surface area contributed by atoms with Crippen LogP contribution < -0.4 is 0 Å². The van der Waals surface area contributed by atoms with E-state index < -0.39 is 21.3 Å². The van der Waals surface area contributed by atoms with Crippen molar-refractivity contribution < 1.29 is 18.7 Å². The molecule has 0 bridgehead atoms. The second-order valence-corrected chi connectivity index (χ2v) is 10.4. The molecule has 0 N–H and O–H groups in total. The third-order valence-corrected chi connectivity index (χ3v) is 7.16. The third-order valence-electron chi connectivity index (χ3n) is 4.36. The summed E-state index contributed by atoms with van der Waals surface area (Å²) in [7, 11) is -1.40. The van der Waals surface area contributed by atoms with Gasteiger partial charge in [0.2, 0.25) is 0 Å². The molecule has 152 valence electrons. The molecule has 0 radical (unpaired) electrons. The van der Waals surface area contributed by atoms with E-state index in [1.165, 1.54) is 23.5 Å². The van der Waals surface area contributed by atoms with Gasteiger partial charge >= 0.3 is 6.09 Å². The molecule has 3 rings (SSSR count). The average Bonchev–Trinajstić information content (AvgIpc) is 3.04. The Kier molecular flexibility index (Phi) is 5.99. The number of likely N-dealkylation sites (tertiary alicyclic amines) is 1. The molecule has 10 heteroatoms. The van der Waals surface area contributed by atoms with Crippen molar-refractivity contribution in [1.29, 1.82) is 0 Å². The molecule has 1 aromatic carbocycles. The van der Waals surface area contributed by atoms with Crippen molar-refractivity contribution in [2.24, 2.45) is 0 Å². The van der Waals surface area contributed by atoms with Gasteiger partial charge in [0.25, 0.3) is 5.69 Å². The van der Waals surface area contributed by atoms with Crippen molar-refractivity contribution in [2.75, 3.05) is 12.3 Å². The van der Waals surface area contributed by atoms with Gasteiger partial charge in [-0.15, -0.1) is 11.3 Å². The Morgan fingerprint density at radius 3 is 2.86 bits per heavy atom. The first kappa shape index (κ1) is 20.7. The Hall–Kier alpha value is -2.07. The molecule has 28 heavy (non-hydrogen) atoms. The van der Waals surface area contributed by atoms with Crippen molar-refractivity contribution >= 4 is 44.1 Å². The number of nitro groups is 1. The minimum absolute atomic E-state index is 0.0430. The van der Waals surface area contributed by atoms with Gasteiger partial charge in [-0.25, -0.2) is 9.78 Å². The highest BCUT2D eigenvalue weighted by Gasteiger charge is 2.32. The summed E-state index contributed by atoms with van der Waals surface area (Å²) in [6, 6.07) is 4.25. The number of amides is 1. The molecular formula is C18H23N3O5S2. The molecule has 0 spiro atoms. The summed E-state index contributed by atoms with van der Waals surface area (Å²) in [5, 5.41) is 10.9. The van der Waals surface area contributed by atoms with Gasteiger partial charge in [0, 0.05) is 24.7 Å². The van der Waals surface area contributed by atoms with Crippen LogP contribution in [0, 0.1) is 10.1 Å². The largest absolute Gasteiger partial charge is 0.444 e. The third kappa shape index (κ3) is 4.85. The summed E-state index contributed by atoms with van der Waals surface area (Å²) in [4.78, 5) is 29.0. The Morgan fingerprint density at radius 2 is 2.18 bits per heavy atom. The quantitative estimate of drug-likeness (QED) is 0.540. The van der Waals surface area contributed by atoms with E-state index in [2.05, 4.69) is 4.98 Å². The van der Waals surface area contributed by atoms with Gasteiger partial charge in [0.1, 0.15) is 5.60 Å². The number of thiazole rings is 1. The molecule has 2 atom stereocenters. The lowest BCUT2D eigenvalue weighted by Gasteiger charge is -2.36.